The standard InChI is InChI=1S/C18H17ClF3N3O3S/c19-14-4-6-15(7-5-14)25-16(11-24(17(25)26)8-9-29(23,27)28)12-2-1-3-13(10-12)18(20,21)22/h1-7,10,16H,8-9,11H2,(H2,23,27,28). The summed E-state index contributed by atoms with van der Waals surface area (Å²) >= 11 is 5.89. The minimum Gasteiger partial charge on any atom is -0.321 e. The molecule has 29 heavy (non-hydrogen) atoms. The summed E-state index contributed by atoms with van der Waals surface area (Å²) in [4.78, 5) is 15.5. The number of primary sulfonamides is 1. The fraction of sp³-hybridized carbons (Fsp3) is 0.278. The first-order chi connectivity index (χ1) is 13.5. The molecule has 11 heteroatoms. The molecule has 0 saturated carbocycles. The van der Waals surface area contributed by atoms with Crippen molar-refractivity contribution in [2.24, 2.45) is 5.14 Å². The number of benzene rings is 2. The average molecular weight is 448 g/mol. The van der Waals surface area contributed by atoms with Gasteiger partial charge in [-0.1, -0.05) is 23.7 Å². The lowest BCUT2D eigenvalue weighted by Gasteiger charge is -2.24. The monoisotopic (exact) mass is 447 g/mol. The van der Waals surface area contributed by atoms with E-state index < -0.39 is 39.6 Å². The molecule has 156 valence electrons. The molecular weight excluding hydrogens is 431 g/mol. The highest BCUT2D eigenvalue weighted by Crippen LogP contribution is 2.37. The van der Waals surface area contributed by atoms with E-state index in [1.54, 1.807) is 24.3 Å². The zero-order valence-corrected chi connectivity index (χ0v) is 16.5. The zero-order chi connectivity index (χ0) is 21.4. The van der Waals surface area contributed by atoms with Crippen LogP contribution in [0.2, 0.25) is 5.02 Å². The van der Waals surface area contributed by atoms with Crippen LogP contribution in [0.5, 0.6) is 0 Å². The molecule has 1 saturated heterocycles. The first-order valence-corrected chi connectivity index (χ1v) is 10.6. The van der Waals surface area contributed by atoms with Gasteiger partial charge in [-0.25, -0.2) is 18.4 Å². The summed E-state index contributed by atoms with van der Waals surface area (Å²) in [5, 5.41) is 5.45. The van der Waals surface area contributed by atoms with Crippen molar-refractivity contribution in [2.75, 3.05) is 23.7 Å². The summed E-state index contributed by atoms with van der Waals surface area (Å²) in [5.41, 5.74) is -0.123. The van der Waals surface area contributed by atoms with Crippen molar-refractivity contribution in [3.63, 3.8) is 0 Å². The van der Waals surface area contributed by atoms with E-state index in [2.05, 4.69) is 0 Å². The summed E-state index contributed by atoms with van der Waals surface area (Å²) in [6.45, 7) is -0.157. The predicted molar refractivity (Wildman–Crippen MR) is 103 cm³/mol. The number of hydrogen-bond donors (Lipinski definition) is 1. The first kappa shape index (κ1) is 21.4. The first-order valence-electron chi connectivity index (χ1n) is 8.47. The fourth-order valence-electron chi connectivity index (χ4n) is 3.15. The smallest absolute Gasteiger partial charge is 0.321 e. The number of alkyl halides is 3. The quantitative estimate of drug-likeness (QED) is 0.759. The Morgan fingerprint density at radius 3 is 2.38 bits per heavy atom. The molecule has 2 amide bonds. The zero-order valence-electron chi connectivity index (χ0n) is 14.9. The molecule has 1 unspecified atom stereocenters. The molecular formula is C18H17ClF3N3O3S. The Bertz CT molecular complexity index is 1010. The number of nitrogens with zero attached hydrogens (tertiary/aromatic N) is 2. The predicted octanol–water partition coefficient (Wildman–Crippen LogP) is 3.63. The van der Waals surface area contributed by atoms with Gasteiger partial charge in [-0.2, -0.15) is 13.2 Å². The van der Waals surface area contributed by atoms with E-state index in [-0.39, 0.29) is 18.7 Å². The van der Waals surface area contributed by atoms with Gasteiger partial charge in [0.2, 0.25) is 10.0 Å². The van der Waals surface area contributed by atoms with Crippen molar-refractivity contribution in [1.82, 2.24) is 4.90 Å². The molecule has 2 N–H and O–H groups in total. The van der Waals surface area contributed by atoms with Crippen LogP contribution in [-0.4, -0.2) is 38.2 Å². The maximum Gasteiger partial charge on any atom is 0.416 e. The van der Waals surface area contributed by atoms with Crippen LogP contribution < -0.4 is 10.0 Å². The maximum atomic E-state index is 13.1. The minimum absolute atomic E-state index is 0.0122. The Morgan fingerprint density at radius 2 is 1.79 bits per heavy atom. The van der Waals surface area contributed by atoms with E-state index in [1.165, 1.54) is 21.9 Å². The van der Waals surface area contributed by atoms with Crippen molar-refractivity contribution >= 4 is 33.3 Å². The molecule has 1 aliphatic rings. The second-order valence-corrected chi connectivity index (χ2v) is 8.75. The summed E-state index contributed by atoms with van der Waals surface area (Å²) in [5.74, 6) is -0.456. The Morgan fingerprint density at radius 1 is 1.14 bits per heavy atom. The molecule has 0 bridgehead atoms. The summed E-state index contributed by atoms with van der Waals surface area (Å²) < 4.78 is 62.0. The number of halogens is 4. The third kappa shape index (κ3) is 5.01. The number of anilines is 1. The largest absolute Gasteiger partial charge is 0.416 e. The van der Waals surface area contributed by atoms with Crippen LogP contribution in [0.25, 0.3) is 0 Å². The third-order valence-electron chi connectivity index (χ3n) is 4.53. The molecule has 1 fully saturated rings. The second kappa shape index (κ2) is 7.85. The van der Waals surface area contributed by atoms with Gasteiger partial charge in [-0.05, 0) is 42.0 Å². The van der Waals surface area contributed by atoms with Crippen LogP contribution in [0, 0.1) is 0 Å². The second-order valence-electron chi connectivity index (χ2n) is 6.58. The molecule has 0 spiro atoms. The number of hydrogen-bond acceptors (Lipinski definition) is 3. The van der Waals surface area contributed by atoms with Gasteiger partial charge in [0.05, 0.1) is 17.4 Å². The Balaban J connectivity index is 1.99. The van der Waals surface area contributed by atoms with Gasteiger partial charge in [0.15, 0.2) is 0 Å². The SMILES string of the molecule is NS(=O)(=O)CCN1CC(c2cccc(C(F)(F)F)c2)N(c2ccc(Cl)cc2)C1=O. The molecule has 1 heterocycles. The van der Waals surface area contributed by atoms with Gasteiger partial charge in [0, 0.05) is 23.8 Å². The molecule has 3 rings (SSSR count). The lowest BCUT2D eigenvalue weighted by Crippen LogP contribution is -2.36. The number of urea groups is 1. The van der Waals surface area contributed by atoms with Crippen molar-refractivity contribution in [2.45, 2.75) is 12.2 Å². The van der Waals surface area contributed by atoms with Gasteiger partial charge >= 0.3 is 12.2 Å². The van der Waals surface area contributed by atoms with E-state index in [9.17, 15) is 26.4 Å². The minimum atomic E-state index is -4.53. The highest BCUT2D eigenvalue weighted by molar-refractivity contribution is 7.89. The van der Waals surface area contributed by atoms with Crippen LogP contribution in [0.15, 0.2) is 48.5 Å². The average Bonchev–Trinajstić information content (AvgIpc) is 2.96. The summed E-state index contributed by atoms with van der Waals surface area (Å²) in [6.07, 6.45) is -4.53. The summed E-state index contributed by atoms with van der Waals surface area (Å²) in [7, 11) is -3.81. The number of carbonyl (C=O) groups excluding carboxylic acids is 1. The normalized spacial score (nSPS) is 17.8. The van der Waals surface area contributed by atoms with E-state index in [4.69, 9.17) is 16.7 Å². The van der Waals surface area contributed by atoms with Crippen molar-refractivity contribution in [3.8, 4) is 0 Å². The Kier molecular flexibility index (Phi) is 5.79. The summed E-state index contributed by atoms with van der Waals surface area (Å²) in [6, 6.07) is 9.70. The highest BCUT2D eigenvalue weighted by Gasteiger charge is 2.40. The van der Waals surface area contributed by atoms with E-state index >= 15 is 0 Å². The van der Waals surface area contributed by atoms with Gasteiger partial charge in [0.25, 0.3) is 0 Å². The van der Waals surface area contributed by atoms with Crippen LogP contribution in [0.4, 0.5) is 23.7 Å². The molecule has 0 aliphatic carbocycles. The number of nitrogens with two attached hydrogens (primary N) is 1. The third-order valence-corrected chi connectivity index (χ3v) is 5.53. The van der Waals surface area contributed by atoms with Gasteiger partial charge in [-0.3, -0.25) is 4.90 Å². The van der Waals surface area contributed by atoms with Gasteiger partial charge < -0.3 is 4.90 Å². The van der Waals surface area contributed by atoms with Crippen molar-refractivity contribution in [1.29, 1.82) is 0 Å². The number of rotatable bonds is 5. The lowest BCUT2D eigenvalue weighted by atomic mass is 10.0. The molecule has 6 nitrogen and oxygen atoms in total. The fourth-order valence-corrected chi connectivity index (χ4v) is 3.75. The number of sulfonamides is 1. The molecule has 1 aliphatic heterocycles. The van der Waals surface area contributed by atoms with Crippen LogP contribution in [0.1, 0.15) is 17.2 Å². The van der Waals surface area contributed by atoms with Crippen LogP contribution in [0.3, 0.4) is 0 Å². The van der Waals surface area contributed by atoms with Crippen LogP contribution >= 0.6 is 11.6 Å². The Labute approximate surface area is 170 Å². The number of amides is 2. The molecule has 0 aromatic heterocycles. The van der Waals surface area contributed by atoms with Gasteiger partial charge in [0.1, 0.15) is 0 Å². The Hall–Kier alpha value is -2.30. The maximum absolute atomic E-state index is 13.1. The number of carbonyl (C=O) groups is 1. The van der Waals surface area contributed by atoms with Crippen molar-refractivity contribution in [3.05, 3.63) is 64.7 Å². The van der Waals surface area contributed by atoms with E-state index in [0.717, 1.165) is 12.1 Å². The molecule has 2 aromatic carbocycles. The van der Waals surface area contributed by atoms with Crippen molar-refractivity contribution < 1.29 is 26.4 Å². The highest BCUT2D eigenvalue weighted by atomic mass is 35.5. The van der Waals surface area contributed by atoms with E-state index in [0.29, 0.717) is 10.7 Å². The molecule has 1 atom stereocenters. The van der Waals surface area contributed by atoms with Gasteiger partial charge in [-0.15, -0.1) is 0 Å². The van der Waals surface area contributed by atoms with Crippen LogP contribution in [-0.2, 0) is 16.2 Å². The molecule has 2 aromatic rings. The lowest BCUT2D eigenvalue weighted by molar-refractivity contribution is -0.137. The van der Waals surface area contributed by atoms with E-state index in [1.807, 2.05) is 0 Å². The molecule has 0 radical (unpaired) electrons. The topological polar surface area (TPSA) is 83.7 Å².